The number of benzene rings is 2. The number of rotatable bonds is 6. The molecule has 142 valence electrons. The number of carbonyl (C=O) groups excluding carboxylic acids is 1. The SMILES string of the molecule is Cc1ccc(CNC(=O)C2=C(C(O)CBr)COC2c2ccc(F)cc2)cc1. The summed E-state index contributed by atoms with van der Waals surface area (Å²) in [7, 11) is 0. The van der Waals surface area contributed by atoms with Crippen molar-refractivity contribution in [2.45, 2.75) is 25.7 Å². The average molecular weight is 434 g/mol. The van der Waals surface area contributed by atoms with E-state index in [0.29, 0.717) is 28.6 Å². The van der Waals surface area contributed by atoms with E-state index < -0.39 is 12.2 Å². The van der Waals surface area contributed by atoms with Crippen molar-refractivity contribution in [1.29, 1.82) is 0 Å². The zero-order valence-corrected chi connectivity index (χ0v) is 16.5. The first-order valence-corrected chi connectivity index (χ1v) is 9.79. The van der Waals surface area contributed by atoms with Crippen molar-refractivity contribution in [3.63, 3.8) is 0 Å². The normalized spacial score (nSPS) is 17.9. The molecule has 2 unspecified atom stereocenters. The quantitative estimate of drug-likeness (QED) is 0.684. The minimum Gasteiger partial charge on any atom is -0.388 e. The Hall–Kier alpha value is -2.02. The molecule has 2 aromatic carbocycles. The summed E-state index contributed by atoms with van der Waals surface area (Å²) in [6.45, 7) is 2.53. The molecule has 3 rings (SSSR count). The number of aliphatic hydroxyl groups excluding tert-OH is 1. The van der Waals surface area contributed by atoms with Crippen molar-refractivity contribution in [3.8, 4) is 0 Å². The van der Waals surface area contributed by atoms with E-state index in [0.717, 1.165) is 11.1 Å². The molecule has 1 amide bonds. The largest absolute Gasteiger partial charge is 0.388 e. The molecule has 6 heteroatoms. The summed E-state index contributed by atoms with van der Waals surface area (Å²) >= 11 is 3.25. The molecule has 4 nitrogen and oxygen atoms in total. The van der Waals surface area contributed by atoms with Gasteiger partial charge in [0.15, 0.2) is 0 Å². The van der Waals surface area contributed by atoms with Gasteiger partial charge < -0.3 is 15.2 Å². The lowest BCUT2D eigenvalue weighted by atomic mass is 9.96. The number of hydrogen-bond acceptors (Lipinski definition) is 3. The fourth-order valence-electron chi connectivity index (χ4n) is 3.02. The summed E-state index contributed by atoms with van der Waals surface area (Å²) in [5, 5.41) is 13.5. The highest BCUT2D eigenvalue weighted by Gasteiger charge is 2.35. The first-order valence-electron chi connectivity index (χ1n) is 8.67. The van der Waals surface area contributed by atoms with Gasteiger partial charge in [0, 0.05) is 11.9 Å². The summed E-state index contributed by atoms with van der Waals surface area (Å²) in [4.78, 5) is 12.9. The fraction of sp³-hybridized carbons (Fsp3) is 0.286. The Bertz CT molecular complexity index is 834. The maximum atomic E-state index is 13.2. The third-order valence-electron chi connectivity index (χ3n) is 4.55. The van der Waals surface area contributed by atoms with Gasteiger partial charge in [-0.25, -0.2) is 4.39 Å². The van der Waals surface area contributed by atoms with Crippen LogP contribution in [0.4, 0.5) is 4.39 Å². The van der Waals surface area contributed by atoms with Crippen LogP contribution in [0.2, 0.25) is 0 Å². The van der Waals surface area contributed by atoms with Crippen LogP contribution in [-0.2, 0) is 16.1 Å². The Balaban J connectivity index is 1.84. The molecule has 27 heavy (non-hydrogen) atoms. The minimum absolute atomic E-state index is 0.155. The van der Waals surface area contributed by atoms with Crippen LogP contribution in [0.1, 0.15) is 22.8 Å². The molecule has 0 saturated heterocycles. The van der Waals surface area contributed by atoms with Gasteiger partial charge in [-0.15, -0.1) is 0 Å². The number of hydrogen-bond donors (Lipinski definition) is 2. The fourth-order valence-corrected chi connectivity index (χ4v) is 3.41. The predicted octanol–water partition coefficient (Wildman–Crippen LogP) is 3.57. The second kappa shape index (κ2) is 8.78. The van der Waals surface area contributed by atoms with Crippen LogP contribution >= 0.6 is 15.9 Å². The summed E-state index contributed by atoms with van der Waals surface area (Å²) in [6.07, 6.45) is -1.46. The van der Waals surface area contributed by atoms with E-state index in [1.54, 1.807) is 12.1 Å². The van der Waals surface area contributed by atoms with E-state index in [1.807, 2.05) is 31.2 Å². The number of carbonyl (C=O) groups is 1. The van der Waals surface area contributed by atoms with Gasteiger partial charge >= 0.3 is 0 Å². The molecule has 0 radical (unpaired) electrons. The van der Waals surface area contributed by atoms with Gasteiger partial charge in [-0.2, -0.15) is 0 Å². The molecule has 0 fully saturated rings. The number of halogens is 2. The maximum absolute atomic E-state index is 13.2. The van der Waals surface area contributed by atoms with E-state index in [2.05, 4.69) is 21.2 Å². The van der Waals surface area contributed by atoms with Gasteiger partial charge in [0.05, 0.1) is 18.3 Å². The Labute approximate surface area is 166 Å². The molecule has 2 atom stereocenters. The van der Waals surface area contributed by atoms with Crippen LogP contribution in [-0.4, -0.2) is 29.1 Å². The minimum atomic E-state index is -0.824. The highest BCUT2D eigenvalue weighted by atomic mass is 79.9. The smallest absolute Gasteiger partial charge is 0.250 e. The third-order valence-corrected chi connectivity index (χ3v) is 5.17. The van der Waals surface area contributed by atoms with Crippen molar-refractivity contribution in [3.05, 3.63) is 82.2 Å². The van der Waals surface area contributed by atoms with Gasteiger partial charge in [-0.05, 0) is 35.8 Å². The Morgan fingerprint density at radius 2 is 1.93 bits per heavy atom. The lowest BCUT2D eigenvalue weighted by Crippen LogP contribution is -2.28. The van der Waals surface area contributed by atoms with Crippen LogP contribution in [0.25, 0.3) is 0 Å². The molecule has 0 bridgehead atoms. The first-order chi connectivity index (χ1) is 13.0. The van der Waals surface area contributed by atoms with Crippen LogP contribution in [0, 0.1) is 12.7 Å². The number of amides is 1. The van der Waals surface area contributed by atoms with Crippen molar-refractivity contribution >= 4 is 21.8 Å². The molecular formula is C21H21BrFNO3. The van der Waals surface area contributed by atoms with E-state index in [9.17, 15) is 14.3 Å². The molecule has 0 aliphatic carbocycles. The maximum Gasteiger partial charge on any atom is 0.250 e. The Morgan fingerprint density at radius 1 is 1.26 bits per heavy atom. The second-order valence-corrected chi connectivity index (χ2v) is 7.17. The van der Waals surface area contributed by atoms with Gasteiger partial charge in [0.25, 0.3) is 5.91 Å². The molecular weight excluding hydrogens is 413 g/mol. The molecule has 2 aromatic rings. The molecule has 0 saturated carbocycles. The number of alkyl halides is 1. The molecule has 1 aliphatic heterocycles. The lowest BCUT2D eigenvalue weighted by Gasteiger charge is -2.16. The summed E-state index contributed by atoms with van der Waals surface area (Å²) < 4.78 is 19.0. The highest BCUT2D eigenvalue weighted by molar-refractivity contribution is 9.09. The average Bonchev–Trinajstić information content (AvgIpc) is 3.12. The van der Waals surface area contributed by atoms with Crippen molar-refractivity contribution in [1.82, 2.24) is 5.32 Å². The van der Waals surface area contributed by atoms with E-state index in [4.69, 9.17) is 4.74 Å². The second-order valence-electron chi connectivity index (χ2n) is 6.52. The van der Waals surface area contributed by atoms with Crippen LogP contribution in [0.5, 0.6) is 0 Å². The topological polar surface area (TPSA) is 58.6 Å². The van der Waals surface area contributed by atoms with Crippen LogP contribution < -0.4 is 5.32 Å². The van der Waals surface area contributed by atoms with E-state index in [1.165, 1.54) is 12.1 Å². The van der Waals surface area contributed by atoms with Crippen LogP contribution in [0.15, 0.2) is 59.7 Å². The van der Waals surface area contributed by atoms with Crippen molar-refractivity contribution in [2.24, 2.45) is 0 Å². The van der Waals surface area contributed by atoms with Gasteiger partial charge in [-0.3, -0.25) is 4.79 Å². The number of aliphatic hydroxyl groups is 1. The van der Waals surface area contributed by atoms with Crippen molar-refractivity contribution < 1.29 is 19.0 Å². The molecule has 2 N–H and O–H groups in total. The number of ether oxygens (including phenoxy) is 1. The van der Waals surface area contributed by atoms with Crippen LogP contribution in [0.3, 0.4) is 0 Å². The first kappa shape index (κ1) is 19.7. The zero-order chi connectivity index (χ0) is 19.4. The number of nitrogens with one attached hydrogen (secondary N) is 1. The number of aryl methyl sites for hydroxylation is 1. The Kier molecular flexibility index (Phi) is 6.42. The molecule has 0 aromatic heterocycles. The van der Waals surface area contributed by atoms with Gasteiger partial charge in [-0.1, -0.05) is 57.9 Å². The summed E-state index contributed by atoms with van der Waals surface area (Å²) in [5.41, 5.74) is 3.74. The Morgan fingerprint density at radius 3 is 2.56 bits per heavy atom. The predicted molar refractivity (Wildman–Crippen MR) is 105 cm³/mol. The molecule has 0 spiro atoms. The zero-order valence-electron chi connectivity index (χ0n) is 14.9. The summed E-state index contributed by atoms with van der Waals surface area (Å²) in [6, 6.07) is 13.7. The third kappa shape index (κ3) is 4.64. The van der Waals surface area contributed by atoms with Gasteiger partial charge in [0.2, 0.25) is 0 Å². The lowest BCUT2D eigenvalue weighted by molar-refractivity contribution is -0.118. The van der Waals surface area contributed by atoms with Gasteiger partial charge in [0.1, 0.15) is 11.9 Å². The monoisotopic (exact) mass is 433 g/mol. The van der Waals surface area contributed by atoms with E-state index in [-0.39, 0.29) is 18.3 Å². The molecule has 1 aliphatic rings. The standard InChI is InChI=1S/C21H21BrFNO3/c1-13-2-4-14(5-3-13)11-24-21(26)19-17(18(25)10-22)12-27-20(19)15-6-8-16(23)9-7-15/h2-9,18,20,25H,10-12H2,1H3,(H,24,26). The van der Waals surface area contributed by atoms with E-state index >= 15 is 0 Å². The summed E-state index contributed by atoms with van der Waals surface area (Å²) in [5.74, 6) is -0.649. The highest BCUT2D eigenvalue weighted by Crippen LogP contribution is 2.36. The van der Waals surface area contributed by atoms with Crippen molar-refractivity contribution in [2.75, 3.05) is 11.9 Å². The molecule has 1 heterocycles.